The van der Waals surface area contributed by atoms with Crippen molar-refractivity contribution >= 4 is 22.5 Å². The Morgan fingerprint density at radius 2 is 2.12 bits per heavy atom. The number of halogens is 1. The van der Waals surface area contributed by atoms with Gasteiger partial charge in [-0.2, -0.15) is 0 Å². The molecule has 84 valence electrons. The SMILES string of the molecule is Cc1c(Cl)ccc2c(=O)ccn(CCN)c12. The van der Waals surface area contributed by atoms with Crippen LogP contribution in [0.5, 0.6) is 0 Å². The van der Waals surface area contributed by atoms with E-state index in [1.54, 1.807) is 24.4 Å². The monoisotopic (exact) mass is 236 g/mol. The topological polar surface area (TPSA) is 48.0 Å². The maximum Gasteiger partial charge on any atom is 0.189 e. The van der Waals surface area contributed by atoms with Gasteiger partial charge in [0.15, 0.2) is 5.43 Å². The average Bonchev–Trinajstić information content (AvgIpc) is 2.27. The maximum absolute atomic E-state index is 11.7. The van der Waals surface area contributed by atoms with Crippen LogP contribution in [0.1, 0.15) is 5.56 Å². The summed E-state index contributed by atoms with van der Waals surface area (Å²) in [5.41, 5.74) is 7.36. The van der Waals surface area contributed by atoms with Gasteiger partial charge in [0.2, 0.25) is 0 Å². The van der Waals surface area contributed by atoms with Crippen LogP contribution in [0.2, 0.25) is 5.02 Å². The molecule has 2 rings (SSSR count). The van der Waals surface area contributed by atoms with Gasteiger partial charge in [-0.1, -0.05) is 11.6 Å². The second kappa shape index (κ2) is 4.28. The van der Waals surface area contributed by atoms with Gasteiger partial charge in [-0.05, 0) is 24.6 Å². The Hall–Kier alpha value is -1.32. The van der Waals surface area contributed by atoms with Gasteiger partial charge in [0, 0.05) is 35.8 Å². The first kappa shape index (κ1) is 11.2. The molecule has 0 atom stereocenters. The van der Waals surface area contributed by atoms with Crippen LogP contribution in [-0.2, 0) is 6.54 Å². The molecular weight excluding hydrogens is 224 g/mol. The molecule has 0 aliphatic rings. The van der Waals surface area contributed by atoms with Crippen molar-refractivity contribution in [3.63, 3.8) is 0 Å². The van der Waals surface area contributed by atoms with Gasteiger partial charge in [0.1, 0.15) is 0 Å². The molecule has 2 aromatic rings. The van der Waals surface area contributed by atoms with Crippen LogP contribution in [0, 0.1) is 6.92 Å². The van der Waals surface area contributed by atoms with Crippen LogP contribution in [0.15, 0.2) is 29.2 Å². The first-order chi connectivity index (χ1) is 7.65. The van der Waals surface area contributed by atoms with E-state index in [0.29, 0.717) is 23.5 Å². The van der Waals surface area contributed by atoms with Gasteiger partial charge in [0.25, 0.3) is 0 Å². The summed E-state index contributed by atoms with van der Waals surface area (Å²) >= 11 is 6.07. The van der Waals surface area contributed by atoms with Gasteiger partial charge in [-0.25, -0.2) is 0 Å². The largest absolute Gasteiger partial charge is 0.346 e. The van der Waals surface area contributed by atoms with Crippen molar-refractivity contribution in [1.82, 2.24) is 4.57 Å². The van der Waals surface area contributed by atoms with Crippen molar-refractivity contribution < 1.29 is 0 Å². The molecule has 1 aromatic carbocycles. The highest BCUT2D eigenvalue weighted by Crippen LogP contribution is 2.23. The molecule has 0 aliphatic heterocycles. The lowest BCUT2D eigenvalue weighted by Crippen LogP contribution is -2.14. The number of rotatable bonds is 2. The summed E-state index contributed by atoms with van der Waals surface area (Å²) in [6, 6.07) is 5.08. The van der Waals surface area contributed by atoms with E-state index >= 15 is 0 Å². The van der Waals surface area contributed by atoms with Crippen molar-refractivity contribution in [2.75, 3.05) is 6.54 Å². The fraction of sp³-hybridized carbons (Fsp3) is 0.250. The molecule has 0 saturated carbocycles. The van der Waals surface area contributed by atoms with E-state index in [-0.39, 0.29) is 5.43 Å². The van der Waals surface area contributed by atoms with Crippen LogP contribution in [0.25, 0.3) is 10.9 Å². The Bertz CT molecular complexity index is 589. The molecule has 0 bridgehead atoms. The molecule has 0 unspecified atom stereocenters. The highest BCUT2D eigenvalue weighted by molar-refractivity contribution is 6.32. The molecule has 0 radical (unpaired) electrons. The molecule has 0 spiro atoms. The third kappa shape index (κ3) is 1.72. The normalized spacial score (nSPS) is 10.9. The van der Waals surface area contributed by atoms with Gasteiger partial charge >= 0.3 is 0 Å². The highest BCUT2D eigenvalue weighted by Gasteiger charge is 2.07. The zero-order valence-corrected chi connectivity index (χ0v) is 9.79. The minimum atomic E-state index is 0.0167. The predicted molar refractivity (Wildman–Crippen MR) is 67.0 cm³/mol. The third-order valence-corrected chi connectivity index (χ3v) is 3.10. The zero-order valence-electron chi connectivity index (χ0n) is 9.03. The van der Waals surface area contributed by atoms with Crippen LogP contribution < -0.4 is 11.2 Å². The van der Waals surface area contributed by atoms with E-state index in [0.717, 1.165) is 11.1 Å². The number of fused-ring (bicyclic) bond motifs is 1. The minimum Gasteiger partial charge on any atom is -0.346 e. The van der Waals surface area contributed by atoms with E-state index in [9.17, 15) is 4.79 Å². The summed E-state index contributed by atoms with van der Waals surface area (Å²) in [4.78, 5) is 11.7. The fourth-order valence-corrected chi connectivity index (χ4v) is 2.04. The van der Waals surface area contributed by atoms with E-state index in [1.807, 2.05) is 11.5 Å². The Kier molecular flexibility index (Phi) is 2.99. The quantitative estimate of drug-likeness (QED) is 0.866. The molecule has 3 nitrogen and oxygen atoms in total. The number of nitrogens with two attached hydrogens (primary N) is 1. The summed E-state index contributed by atoms with van der Waals surface area (Å²) in [5, 5.41) is 1.36. The molecule has 0 aliphatic carbocycles. The lowest BCUT2D eigenvalue weighted by atomic mass is 10.1. The first-order valence-corrected chi connectivity index (χ1v) is 5.51. The van der Waals surface area contributed by atoms with Crippen LogP contribution in [0.4, 0.5) is 0 Å². The van der Waals surface area contributed by atoms with Gasteiger partial charge < -0.3 is 10.3 Å². The fourth-order valence-electron chi connectivity index (χ4n) is 1.89. The van der Waals surface area contributed by atoms with Crippen molar-refractivity contribution in [3.8, 4) is 0 Å². The Morgan fingerprint density at radius 3 is 2.81 bits per heavy atom. The smallest absolute Gasteiger partial charge is 0.189 e. The number of benzene rings is 1. The molecule has 4 heteroatoms. The first-order valence-electron chi connectivity index (χ1n) is 5.13. The third-order valence-electron chi connectivity index (χ3n) is 2.69. The standard InChI is InChI=1S/C12H13ClN2O/c1-8-10(13)3-2-9-11(16)4-6-15(7-5-14)12(8)9/h2-4,6H,5,7,14H2,1H3. The van der Waals surface area contributed by atoms with E-state index in [2.05, 4.69) is 0 Å². The summed E-state index contributed by atoms with van der Waals surface area (Å²) < 4.78 is 1.97. The summed E-state index contributed by atoms with van der Waals surface area (Å²) in [6.07, 6.45) is 1.76. The average molecular weight is 237 g/mol. The second-order valence-electron chi connectivity index (χ2n) is 3.73. The van der Waals surface area contributed by atoms with Gasteiger partial charge in [-0.3, -0.25) is 4.79 Å². The molecule has 2 N–H and O–H groups in total. The van der Waals surface area contributed by atoms with Crippen LogP contribution >= 0.6 is 11.6 Å². The van der Waals surface area contributed by atoms with Crippen molar-refractivity contribution in [2.45, 2.75) is 13.5 Å². The number of hydrogen-bond donors (Lipinski definition) is 1. The Labute approximate surface area is 98.4 Å². The van der Waals surface area contributed by atoms with E-state index in [4.69, 9.17) is 17.3 Å². The summed E-state index contributed by atoms with van der Waals surface area (Å²) in [5.74, 6) is 0. The number of hydrogen-bond acceptors (Lipinski definition) is 2. The lowest BCUT2D eigenvalue weighted by Gasteiger charge is -2.12. The van der Waals surface area contributed by atoms with Crippen LogP contribution in [-0.4, -0.2) is 11.1 Å². The van der Waals surface area contributed by atoms with Gasteiger partial charge in [0.05, 0.1) is 5.52 Å². The van der Waals surface area contributed by atoms with Crippen molar-refractivity contribution in [3.05, 3.63) is 45.2 Å². The number of aromatic nitrogens is 1. The summed E-state index contributed by atoms with van der Waals surface area (Å²) in [6.45, 7) is 3.12. The molecule has 1 aromatic heterocycles. The highest BCUT2D eigenvalue weighted by atomic mass is 35.5. The molecule has 0 saturated heterocycles. The second-order valence-corrected chi connectivity index (χ2v) is 4.14. The molecule has 0 fully saturated rings. The lowest BCUT2D eigenvalue weighted by molar-refractivity contribution is 0.727. The summed E-state index contributed by atoms with van der Waals surface area (Å²) in [7, 11) is 0. The van der Waals surface area contributed by atoms with Crippen LogP contribution in [0.3, 0.4) is 0 Å². The maximum atomic E-state index is 11.7. The Balaban J connectivity index is 2.88. The molecular formula is C12H13ClN2O. The molecule has 16 heavy (non-hydrogen) atoms. The number of pyridine rings is 1. The molecule has 1 heterocycles. The molecule has 0 amide bonds. The van der Waals surface area contributed by atoms with Crippen molar-refractivity contribution in [2.24, 2.45) is 5.73 Å². The minimum absolute atomic E-state index is 0.0167. The number of nitrogens with zero attached hydrogens (tertiary/aromatic N) is 1. The number of aryl methyl sites for hydroxylation is 1. The van der Waals surface area contributed by atoms with Gasteiger partial charge in [-0.15, -0.1) is 0 Å². The van der Waals surface area contributed by atoms with E-state index in [1.165, 1.54) is 0 Å². The Morgan fingerprint density at radius 1 is 1.38 bits per heavy atom. The van der Waals surface area contributed by atoms with Crippen molar-refractivity contribution in [1.29, 1.82) is 0 Å². The predicted octanol–water partition coefficient (Wildman–Crippen LogP) is 1.92. The zero-order chi connectivity index (χ0) is 11.7. The van der Waals surface area contributed by atoms with E-state index < -0.39 is 0 Å².